The van der Waals surface area contributed by atoms with Crippen LogP contribution in [0.2, 0.25) is 0 Å². The van der Waals surface area contributed by atoms with Gasteiger partial charge in [0, 0.05) is 0 Å². The predicted octanol–water partition coefficient (Wildman–Crippen LogP) is 6.55. The number of nitrogens with zero attached hydrogens (tertiary/aromatic N) is 2. The Balaban J connectivity index is 2.25. The normalized spacial score (nSPS) is 11.5. The molecule has 3 heteroatoms. The highest BCUT2D eigenvalue weighted by Gasteiger charge is 2.17. The molecule has 0 saturated carbocycles. The molecule has 0 spiro atoms. The van der Waals surface area contributed by atoms with Gasteiger partial charge in [0.2, 0.25) is 0 Å². The van der Waals surface area contributed by atoms with Gasteiger partial charge in [0.15, 0.2) is 0 Å². The third-order valence-corrected chi connectivity index (χ3v) is 5.56. The average Bonchev–Trinajstić information content (AvgIpc) is 3.04. The van der Waals surface area contributed by atoms with Crippen molar-refractivity contribution in [3.8, 4) is 0 Å². The maximum absolute atomic E-state index is 4.57. The summed E-state index contributed by atoms with van der Waals surface area (Å²) in [5.74, 6) is 0. The van der Waals surface area contributed by atoms with Crippen LogP contribution in [0, 0.1) is 13.8 Å². The van der Waals surface area contributed by atoms with Crippen LogP contribution in [0.4, 0.5) is 0 Å². The molecule has 0 aliphatic rings. The van der Waals surface area contributed by atoms with E-state index in [-0.39, 0.29) is 0 Å². The third kappa shape index (κ3) is 4.53. The second-order valence-corrected chi connectivity index (χ2v) is 7.32. The Kier molecular flexibility index (Phi) is 7.48. The molecule has 128 valence electrons. The number of aromatic nitrogens is 2. The molecule has 2 aromatic rings. The quantitative estimate of drug-likeness (QED) is 0.461. The first kappa shape index (κ1) is 18.4. The molecule has 0 aliphatic heterocycles. The van der Waals surface area contributed by atoms with Crippen LogP contribution in [0.25, 0.3) is 11.0 Å². The number of rotatable bonds is 10. The van der Waals surface area contributed by atoms with Crippen molar-refractivity contribution in [1.29, 1.82) is 0 Å². The van der Waals surface area contributed by atoms with E-state index in [0.29, 0.717) is 0 Å². The summed E-state index contributed by atoms with van der Waals surface area (Å²) in [5.41, 5.74) is 8.24. The number of unbranched alkanes of at least 4 members (excludes halogenated alkanes) is 6. The molecule has 0 saturated heterocycles. The van der Waals surface area contributed by atoms with E-state index in [9.17, 15) is 0 Å². The molecule has 2 nitrogen and oxygen atoms in total. The Morgan fingerprint density at radius 3 is 1.48 bits per heavy atom. The van der Waals surface area contributed by atoms with E-state index in [1.54, 1.807) is 11.1 Å². The highest BCUT2D eigenvalue weighted by atomic mass is 32.1. The lowest BCUT2D eigenvalue weighted by Gasteiger charge is -2.16. The van der Waals surface area contributed by atoms with Crippen LogP contribution >= 0.6 is 11.7 Å². The minimum atomic E-state index is 1.15. The van der Waals surface area contributed by atoms with Gasteiger partial charge in [0.1, 0.15) is 11.0 Å². The number of fused-ring (bicyclic) bond motifs is 1. The van der Waals surface area contributed by atoms with Crippen molar-refractivity contribution in [2.45, 2.75) is 91.9 Å². The minimum Gasteiger partial charge on any atom is -0.173 e. The highest BCUT2D eigenvalue weighted by molar-refractivity contribution is 7.00. The van der Waals surface area contributed by atoms with E-state index in [1.807, 2.05) is 0 Å². The molecule has 1 heterocycles. The molecule has 23 heavy (non-hydrogen) atoms. The van der Waals surface area contributed by atoms with E-state index in [2.05, 4.69) is 36.4 Å². The van der Waals surface area contributed by atoms with Crippen LogP contribution in [0.15, 0.2) is 0 Å². The molecule has 0 N–H and O–H groups in total. The van der Waals surface area contributed by atoms with Crippen molar-refractivity contribution in [2.24, 2.45) is 0 Å². The number of hydrogen-bond donors (Lipinski definition) is 0. The maximum Gasteiger partial charge on any atom is 0.108 e. The zero-order valence-electron chi connectivity index (χ0n) is 15.4. The van der Waals surface area contributed by atoms with Gasteiger partial charge in [0.25, 0.3) is 0 Å². The molecule has 0 radical (unpaired) electrons. The van der Waals surface area contributed by atoms with Crippen LogP contribution in [0.5, 0.6) is 0 Å². The Morgan fingerprint density at radius 1 is 0.652 bits per heavy atom. The molecule has 1 aromatic heterocycles. The largest absolute Gasteiger partial charge is 0.173 e. The van der Waals surface area contributed by atoms with Crippen LogP contribution in [-0.4, -0.2) is 8.75 Å². The summed E-state index contributed by atoms with van der Waals surface area (Å²) < 4.78 is 9.13. The van der Waals surface area contributed by atoms with Gasteiger partial charge < -0.3 is 0 Å². The van der Waals surface area contributed by atoms with Crippen molar-refractivity contribution in [3.63, 3.8) is 0 Å². The average molecular weight is 333 g/mol. The topological polar surface area (TPSA) is 25.8 Å². The predicted molar refractivity (Wildman–Crippen MR) is 103 cm³/mol. The standard InChI is InChI=1S/C20H32N2S/c1-5-7-9-11-13-17-15(3)19-20(22-23-21-19)16(4)18(17)14-12-10-8-6-2/h5-14H2,1-4H3. The summed E-state index contributed by atoms with van der Waals surface area (Å²) in [6, 6.07) is 0. The SMILES string of the molecule is CCCCCCc1c(CCCCCC)c(C)c2nsnc2c1C. The Bertz CT molecular complexity index is 564. The van der Waals surface area contributed by atoms with Crippen molar-refractivity contribution in [1.82, 2.24) is 8.75 Å². The second kappa shape index (κ2) is 9.36. The fraction of sp³-hybridized carbons (Fsp3) is 0.700. The molecule has 2 rings (SSSR count). The number of aryl methyl sites for hydroxylation is 2. The molecule has 0 bridgehead atoms. The van der Waals surface area contributed by atoms with Crippen LogP contribution in [0.3, 0.4) is 0 Å². The molecule has 0 aliphatic carbocycles. The third-order valence-electron chi connectivity index (χ3n) is 5.03. The van der Waals surface area contributed by atoms with Crippen LogP contribution < -0.4 is 0 Å². The van der Waals surface area contributed by atoms with Crippen molar-refractivity contribution < 1.29 is 0 Å². The zero-order valence-corrected chi connectivity index (χ0v) is 16.2. The van der Waals surface area contributed by atoms with Gasteiger partial charge in [-0.05, 0) is 61.8 Å². The first-order valence-electron chi connectivity index (χ1n) is 9.43. The molecule has 0 amide bonds. The number of hydrogen-bond acceptors (Lipinski definition) is 3. The van der Waals surface area contributed by atoms with Crippen molar-refractivity contribution >= 4 is 22.8 Å². The van der Waals surface area contributed by atoms with Gasteiger partial charge in [-0.3, -0.25) is 0 Å². The molecular weight excluding hydrogens is 300 g/mol. The van der Waals surface area contributed by atoms with E-state index < -0.39 is 0 Å². The minimum absolute atomic E-state index is 1.15. The van der Waals surface area contributed by atoms with E-state index in [4.69, 9.17) is 0 Å². The summed E-state index contributed by atoms with van der Waals surface area (Å²) in [4.78, 5) is 0. The monoisotopic (exact) mass is 332 g/mol. The van der Waals surface area contributed by atoms with Gasteiger partial charge in [-0.25, -0.2) is 0 Å². The van der Waals surface area contributed by atoms with Crippen LogP contribution in [-0.2, 0) is 12.8 Å². The smallest absolute Gasteiger partial charge is 0.108 e. The van der Waals surface area contributed by atoms with Gasteiger partial charge in [-0.15, -0.1) is 0 Å². The van der Waals surface area contributed by atoms with Gasteiger partial charge in [0.05, 0.1) is 11.7 Å². The molecule has 0 fully saturated rings. The summed E-state index contributed by atoms with van der Waals surface area (Å²) in [6.45, 7) is 9.07. The fourth-order valence-electron chi connectivity index (χ4n) is 3.55. The first-order valence-corrected chi connectivity index (χ1v) is 10.2. The fourth-order valence-corrected chi connectivity index (χ4v) is 4.20. The van der Waals surface area contributed by atoms with Crippen LogP contribution in [0.1, 0.15) is 87.5 Å². The Labute approximate surface area is 146 Å². The van der Waals surface area contributed by atoms with Crippen molar-refractivity contribution in [3.05, 3.63) is 22.3 Å². The lowest BCUT2D eigenvalue weighted by molar-refractivity contribution is 0.649. The molecule has 1 aromatic carbocycles. The van der Waals surface area contributed by atoms with Gasteiger partial charge in [-0.1, -0.05) is 52.4 Å². The van der Waals surface area contributed by atoms with E-state index >= 15 is 0 Å². The first-order chi connectivity index (χ1) is 11.2. The molecule has 0 unspecified atom stereocenters. The van der Waals surface area contributed by atoms with E-state index in [0.717, 1.165) is 11.0 Å². The lowest BCUT2D eigenvalue weighted by atomic mass is 9.88. The Hall–Kier alpha value is -0.960. The van der Waals surface area contributed by atoms with Gasteiger partial charge >= 0.3 is 0 Å². The van der Waals surface area contributed by atoms with Gasteiger partial charge in [-0.2, -0.15) is 8.75 Å². The maximum atomic E-state index is 4.57. The molecular formula is C20H32N2S. The van der Waals surface area contributed by atoms with Crippen molar-refractivity contribution in [2.75, 3.05) is 0 Å². The molecule has 0 atom stereocenters. The lowest BCUT2D eigenvalue weighted by Crippen LogP contribution is -2.03. The highest BCUT2D eigenvalue weighted by Crippen LogP contribution is 2.31. The van der Waals surface area contributed by atoms with E-state index in [1.165, 1.54) is 87.1 Å². The zero-order chi connectivity index (χ0) is 16.7. The summed E-state index contributed by atoms with van der Waals surface area (Å²) >= 11 is 1.36. The number of benzene rings is 1. The summed E-state index contributed by atoms with van der Waals surface area (Å²) in [6.07, 6.45) is 13.0. The summed E-state index contributed by atoms with van der Waals surface area (Å²) in [5, 5.41) is 0. The Morgan fingerprint density at radius 2 is 1.09 bits per heavy atom. The summed E-state index contributed by atoms with van der Waals surface area (Å²) in [7, 11) is 0. The second-order valence-electron chi connectivity index (χ2n) is 6.79.